The molecule has 9 nitrogen and oxygen atoms in total. The Hall–Kier alpha value is -2.21. The Morgan fingerprint density at radius 1 is 1.09 bits per heavy atom. The maximum Gasteiger partial charge on any atom is 0.182 e. The van der Waals surface area contributed by atoms with Gasteiger partial charge in [-0.25, -0.2) is 8.42 Å². The average molecular weight is 466 g/mol. The van der Waals surface area contributed by atoms with Crippen molar-refractivity contribution in [1.29, 1.82) is 0 Å². The monoisotopic (exact) mass is 465 g/mol. The molecule has 2 aliphatic heterocycles. The number of hydrogen-bond acceptors (Lipinski definition) is 9. The van der Waals surface area contributed by atoms with Gasteiger partial charge in [-0.1, -0.05) is 12.1 Å². The lowest BCUT2D eigenvalue weighted by atomic mass is 9.90. The zero-order chi connectivity index (χ0) is 23.0. The summed E-state index contributed by atoms with van der Waals surface area (Å²) in [5, 5.41) is 43.2. The van der Waals surface area contributed by atoms with Crippen molar-refractivity contribution in [3.05, 3.63) is 53.1 Å². The van der Waals surface area contributed by atoms with Gasteiger partial charge in [0.2, 0.25) is 0 Å². The van der Waals surface area contributed by atoms with Gasteiger partial charge in [-0.15, -0.1) is 0 Å². The molecular weight excluding hydrogens is 438 g/mol. The number of ether oxygens (including phenoxy) is 2. The molecule has 0 unspecified atom stereocenters. The summed E-state index contributed by atoms with van der Waals surface area (Å²) < 4.78 is 35.6. The summed E-state index contributed by atoms with van der Waals surface area (Å²) in [5.41, 5.74) is 2.74. The fraction of sp³-hybridized carbons (Fsp3) is 0.455. The van der Waals surface area contributed by atoms with Crippen LogP contribution in [0.5, 0.6) is 5.75 Å². The third-order valence-corrected chi connectivity index (χ3v) is 7.75. The van der Waals surface area contributed by atoms with Gasteiger partial charge in [0.05, 0.1) is 30.1 Å². The molecule has 174 valence electrons. The van der Waals surface area contributed by atoms with Crippen LogP contribution in [-0.2, 0) is 21.0 Å². The fourth-order valence-corrected chi connectivity index (χ4v) is 5.57. The molecule has 10 heteroatoms. The number of nitrogens with one attached hydrogen (secondary N) is 1. The number of hydrogen-bond donors (Lipinski definition) is 5. The highest BCUT2D eigenvalue weighted by Gasteiger charge is 2.44. The third kappa shape index (κ3) is 4.21. The lowest BCUT2D eigenvalue weighted by molar-refractivity contribution is -0.231. The molecule has 5 N–H and O–H groups in total. The summed E-state index contributed by atoms with van der Waals surface area (Å²) in [4.78, 5) is 0.287. The van der Waals surface area contributed by atoms with Crippen molar-refractivity contribution >= 4 is 15.5 Å². The van der Waals surface area contributed by atoms with Crippen LogP contribution < -0.4 is 10.1 Å². The van der Waals surface area contributed by atoms with E-state index >= 15 is 0 Å². The first-order valence-corrected chi connectivity index (χ1v) is 12.0. The Labute approximate surface area is 186 Å². The number of methoxy groups -OCH3 is 1. The van der Waals surface area contributed by atoms with E-state index < -0.39 is 47.0 Å². The van der Waals surface area contributed by atoms with Crippen molar-refractivity contribution in [3.63, 3.8) is 0 Å². The molecule has 2 aromatic rings. The maximum absolute atomic E-state index is 12.2. The van der Waals surface area contributed by atoms with Crippen LogP contribution >= 0.6 is 0 Å². The molecule has 1 fully saturated rings. The second kappa shape index (κ2) is 8.97. The molecule has 2 aliphatic rings. The zero-order valence-electron chi connectivity index (χ0n) is 17.5. The average Bonchev–Trinajstić information content (AvgIpc) is 2.77. The van der Waals surface area contributed by atoms with Gasteiger partial charge in [-0.2, -0.15) is 0 Å². The molecule has 0 aliphatic carbocycles. The standard InChI is InChI=1S/C22H27NO8S/c1-30-16-4-3-13(22-21(27)20(26)19(25)17(11-24)31-22)10-14(16)8-12-2-5-18-15(9-12)23-6-7-32(18,28)29/h2-5,9-10,17,19-27H,6-8,11H2,1H3/t17-,19-,20+,21-,22+/m1/s1. The SMILES string of the molecule is COc1ccc([C@@H]2O[C@H](CO)[C@@H](O)[C@H](O)[C@H]2O)cc1Cc1ccc2c(c1)NCCS2(=O)=O. The lowest BCUT2D eigenvalue weighted by Crippen LogP contribution is -2.55. The highest BCUT2D eigenvalue weighted by Crippen LogP contribution is 2.35. The number of aliphatic hydroxyl groups excluding tert-OH is 4. The number of sulfone groups is 1. The van der Waals surface area contributed by atoms with Crippen LogP contribution in [0.4, 0.5) is 5.69 Å². The minimum Gasteiger partial charge on any atom is -0.496 e. The minimum atomic E-state index is -3.29. The fourth-order valence-electron chi connectivity index (χ4n) is 4.24. The second-order valence-electron chi connectivity index (χ2n) is 8.07. The molecule has 0 spiro atoms. The van der Waals surface area contributed by atoms with Crippen molar-refractivity contribution < 1.29 is 38.3 Å². The van der Waals surface area contributed by atoms with Crippen LogP contribution in [0.1, 0.15) is 22.8 Å². The van der Waals surface area contributed by atoms with E-state index in [2.05, 4.69) is 5.32 Å². The van der Waals surface area contributed by atoms with Crippen LogP contribution in [0.3, 0.4) is 0 Å². The minimum absolute atomic E-state index is 0.0638. The normalized spacial score (nSPS) is 29.1. The second-order valence-corrected chi connectivity index (χ2v) is 10.2. The van der Waals surface area contributed by atoms with E-state index in [1.165, 1.54) is 7.11 Å². The van der Waals surface area contributed by atoms with Gasteiger partial charge in [-0.3, -0.25) is 0 Å². The largest absolute Gasteiger partial charge is 0.496 e. The van der Waals surface area contributed by atoms with Gasteiger partial charge in [0, 0.05) is 13.0 Å². The Kier molecular flexibility index (Phi) is 6.44. The number of rotatable bonds is 5. The van der Waals surface area contributed by atoms with Crippen molar-refractivity contribution in [2.45, 2.75) is 41.8 Å². The topological polar surface area (TPSA) is 146 Å². The third-order valence-electron chi connectivity index (χ3n) is 5.99. The highest BCUT2D eigenvalue weighted by molar-refractivity contribution is 7.91. The molecule has 5 atom stereocenters. The molecule has 2 heterocycles. The van der Waals surface area contributed by atoms with Gasteiger partial charge in [0.15, 0.2) is 9.84 Å². The molecule has 2 aromatic carbocycles. The summed E-state index contributed by atoms with van der Waals surface area (Å²) in [5.74, 6) is 0.658. The molecule has 32 heavy (non-hydrogen) atoms. The van der Waals surface area contributed by atoms with Gasteiger partial charge in [0.25, 0.3) is 0 Å². The van der Waals surface area contributed by atoms with E-state index in [0.717, 1.165) is 11.1 Å². The van der Waals surface area contributed by atoms with Crippen LogP contribution in [-0.4, -0.2) is 79.3 Å². The Morgan fingerprint density at radius 3 is 2.59 bits per heavy atom. The summed E-state index contributed by atoms with van der Waals surface area (Å²) >= 11 is 0. The molecule has 0 radical (unpaired) electrons. The Bertz CT molecular complexity index is 1090. The van der Waals surface area contributed by atoms with Crippen LogP contribution in [0, 0.1) is 0 Å². The highest BCUT2D eigenvalue weighted by atomic mass is 32.2. The lowest BCUT2D eigenvalue weighted by Gasteiger charge is -2.40. The van der Waals surface area contributed by atoms with Gasteiger partial charge < -0.3 is 35.2 Å². The first kappa shape index (κ1) is 23.0. The summed E-state index contributed by atoms with van der Waals surface area (Å²) in [6, 6.07) is 10.3. The van der Waals surface area contributed by atoms with Crippen molar-refractivity contribution in [3.8, 4) is 5.75 Å². The van der Waals surface area contributed by atoms with E-state index in [0.29, 0.717) is 30.0 Å². The molecule has 0 saturated carbocycles. The zero-order valence-corrected chi connectivity index (χ0v) is 18.3. The van der Waals surface area contributed by atoms with Crippen molar-refractivity contribution in [2.24, 2.45) is 0 Å². The van der Waals surface area contributed by atoms with E-state index in [-0.39, 0.29) is 10.6 Å². The van der Waals surface area contributed by atoms with E-state index in [9.17, 15) is 28.8 Å². The number of benzene rings is 2. The maximum atomic E-state index is 12.2. The quantitative estimate of drug-likeness (QED) is 0.412. The summed E-state index contributed by atoms with van der Waals surface area (Å²) in [6.45, 7) is -0.149. The first-order chi connectivity index (χ1) is 15.2. The van der Waals surface area contributed by atoms with E-state index in [4.69, 9.17) is 9.47 Å². The predicted octanol–water partition coefficient (Wildman–Crippen LogP) is 0.0001000. The Balaban J connectivity index is 1.65. The predicted molar refractivity (Wildman–Crippen MR) is 116 cm³/mol. The molecule has 0 amide bonds. The van der Waals surface area contributed by atoms with Crippen molar-refractivity contribution in [2.75, 3.05) is 31.3 Å². The van der Waals surface area contributed by atoms with Gasteiger partial charge in [0.1, 0.15) is 36.3 Å². The first-order valence-electron chi connectivity index (χ1n) is 10.3. The summed E-state index contributed by atoms with van der Waals surface area (Å²) in [6.07, 6.45) is -5.81. The molecule has 0 aromatic heterocycles. The Morgan fingerprint density at radius 2 is 1.88 bits per heavy atom. The molecule has 0 bridgehead atoms. The number of fused-ring (bicyclic) bond motifs is 1. The van der Waals surface area contributed by atoms with Crippen LogP contribution in [0.25, 0.3) is 0 Å². The molecule has 1 saturated heterocycles. The smallest absolute Gasteiger partial charge is 0.182 e. The van der Waals surface area contributed by atoms with Crippen LogP contribution in [0.2, 0.25) is 0 Å². The van der Waals surface area contributed by atoms with Gasteiger partial charge >= 0.3 is 0 Å². The number of aliphatic hydroxyl groups is 4. The van der Waals surface area contributed by atoms with E-state index in [1.54, 1.807) is 36.4 Å². The van der Waals surface area contributed by atoms with Crippen LogP contribution in [0.15, 0.2) is 41.3 Å². The summed E-state index contributed by atoms with van der Waals surface area (Å²) in [7, 11) is -1.75. The van der Waals surface area contributed by atoms with Gasteiger partial charge in [-0.05, 0) is 41.0 Å². The molecular formula is C22H27NO8S. The van der Waals surface area contributed by atoms with Crippen molar-refractivity contribution in [1.82, 2.24) is 0 Å². The number of anilines is 1. The molecule has 4 rings (SSSR count). The van der Waals surface area contributed by atoms with E-state index in [1.807, 2.05) is 0 Å².